The third-order valence-corrected chi connectivity index (χ3v) is 0.465. The Morgan fingerprint density at radius 1 is 1.86 bits per heavy atom. The van der Waals surface area contributed by atoms with Crippen molar-refractivity contribution in [1.29, 1.82) is 0 Å². The van der Waals surface area contributed by atoms with E-state index in [0.717, 1.165) is 0 Å². The highest BCUT2D eigenvalue weighted by atomic mass is 16.5. The number of hydrogen-bond donors (Lipinski definition) is 0. The van der Waals surface area contributed by atoms with Crippen LogP contribution >= 0.6 is 0 Å². The zero-order valence-corrected chi connectivity index (χ0v) is 4.02. The van der Waals surface area contributed by atoms with Crippen molar-refractivity contribution in [3.63, 3.8) is 0 Å². The molecule has 0 bridgehead atoms. The molecule has 0 aromatic heterocycles. The Kier molecular flexibility index (Phi) is 4.62. The van der Waals surface area contributed by atoms with E-state index in [-0.39, 0.29) is 0 Å². The minimum atomic E-state index is 0.396. The molecule has 0 atom stereocenters. The van der Waals surface area contributed by atoms with Crippen LogP contribution in [-0.4, -0.2) is 13.1 Å². The number of rotatable bonds is 4. The molecule has 0 aromatic rings. The fraction of sp³-hybridized carbons (Fsp3) is 0.400. The van der Waals surface area contributed by atoms with Crippen molar-refractivity contribution in [2.45, 2.75) is 6.42 Å². The minimum absolute atomic E-state index is 0.396. The second-order valence-electron chi connectivity index (χ2n) is 0.967. The third kappa shape index (κ3) is 5.21. The molecular formula is C5H7O2. The van der Waals surface area contributed by atoms with E-state index >= 15 is 0 Å². The molecule has 0 heterocycles. The standard InChI is InChI=1S/C5H7O2/c1-2-3-4-7-5-6/h5H,1,3-4H2. The smallest absolute Gasteiger partial charge is 0.293 e. The van der Waals surface area contributed by atoms with E-state index in [1.165, 1.54) is 0 Å². The molecular weight excluding hydrogens is 92.1 g/mol. The second-order valence-corrected chi connectivity index (χ2v) is 0.967. The quantitative estimate of drug-likeness (QED) is 0.380. The van der Waals surface area contributed by atoms with Gasteiger partial charge in [-0.05, 0) is 6.08 Å². The first-order chi connectivity index (χ1) is 3.41. The summed E-state index contributed by atoms with van der Waals surface area (Å²) < 4.78 is 4.29. The van der Waals surface area contributed by atoms with Gasteiger partial charge in [0, 0.05) is 6.42 Å². The maximum atomic E-state index is 9.41. The fourth-order valence-corrected chi connectivity index (χ4v) is 0.179. The maximum Gasteiger partial charge on any atom is 0.293 e. The maximum absolute atomic E-state index is 9.41. The minimum Gasteiger partial charge on any atom is -0.468 e. The summed E-state index contributed by atoms with van der Waals surface area (Å²) in [6.07, 6.45) is 3.18. The van der Waals surface area contributed by atoms with Gasteiger partial charge < -0.3 is 4.74 Å². The third-order valence-electron chi connectivity index (χ3n) is 0.465. The summed E-state index contributed by atoms with van der Waals surface area (Å²) in [5.41, 5.74) is 0. The van der Waals surface area contributed by atoms with Crippen LogP contribution < -0.4 is 0 Å². The molecule has 0 saturated heterocycles. The van der Waals surface area contributed by atoms with Gasteiger partial charge >= 0.3 is 0 Å². The summed E-state index contributed by atoms with van der Waals surface area (Å²) in [5, 5.41) is 0. The van der Waals surface area contributed by atoms with Crippen LogP contribution in [0, 0.1) is 6.08 Å². The van der Waals surface area contributed by atoms with Crippen LogP contribution in [0.3, 0.4) is 0 Å². The molecule has 0 N–H and O–H groups in total. The van der Waals surface area contributed by atoms with Crippen LogP contribution in [-0.2, 0) is 9.53 Å². The first-order valence-electron chi connectivity index (χ1n) is 1.97. The monoisotopic (exact) mass is 99.0 g/mol. The van der Waals surface area contributed by atoms with Gasteiger partial charge in [-0.15, -0.1) is 0 Å². The van der Waals surface area contributed by atoms with Crippen molar-refractivity contribution < 1.29 is 9.53 Å². The highest BCUT2D eigenvalue weighted by molar-refractivity contribution is 5.36. The summed E-state index contributed by atoms with van der Waals surface area (Å²) in [4.78, 5) is 9.41. The zero-order chi connectivity index (χ0) is 5.54. The molecule has 0 fully saturated rings. The van der Waals surface area contributed by atoms with E-state index < -0.39 is 0 Å². The molecule has 0 saturated carbocycles. The Bertz CT molecular complexity index is 51.1. The lowest BCUT2D eigenvalue weighted by molar-refractivity contribution is -0.128. The van der Waals surface area contributed by atoms with E-state index in [4.69, 9.17) is 0 Å². The predicted octanol–water partition coefficient (Wildman–Crippen LogP) is 0.539. The first-order valence-corrected chi connectivity index (χ1v) is 1.97. The zero-order valence-electron chi connectivity index (χ0n) is 4.02. The Balaban J connectivity index is 2.68. The SMILES string of the molecule is C=[C]CCOC=O. The van der Waals surface area contributed by atoms with Gasteiger partial charge in [0.15, 0.2) is 0 Å². The molecule has 0 amide bonds. The number of ether oxygens (including phenoxy) is 1. The molecule has 0 aliphatic rings. The van der Waals surface area contributed by atoms with E-state index in [2.05, 4.69) is 17.4 Å². The molecule has 0 spiro atoms. The van der Waals surface area contributed by atoms with Gasteiger partial charge in [-0.25, -0.2) is 0 Å². The summed E-state index contributed by atoms with van der Waals surface area (Å²) in [7, 11) is 0. The van der Waals surface area contributed by atoms with Crippen LogP contribution in [0.2, 0.25) is 0 Å². The highest BCUT2D eigenvalue weighted by Crippen LogP contribution is 1.75. The van der Waals surface area contributed by atoms with Crippen molar-refractivity contribution in [2.75, 3.05) is 6.61 Å². The number of carbonyl (C=O) groups excluding carboxylic acids is 1. The molecule has 1 radical (unpaired) electrons. The molecule has 0 aliphatic heterocycles. The average molecular weight is 99.1 g/mol. The highest BCUT2D eigenvalue weighted by Gasteiger charge is 1.75. The lowest BCUT2D eigenvalue weighted by atomic mass is 10.5. The summed E-state index contributed by atoms with van der Waals surface area (Å²) in [5.74, 6) is 0. The Morgan fingerprint density at radius 2 is 2.57 bits per heavy atom. The lowest BCUT2D eigenvalue weighted by Crippen LogP contribution is -1.87. The van der Waals surface area contributed by atoms with Gasteiger partial charge in [-0.3, -0.25) is 4.79 Å². The first kappa shape index (κ1) is 6.21. The molecule has 0 aromatic carbocycles. The molecule has 0 rings (SSSR count). The molecule has 2 heteroatoms. The van der Waals surface area contributed by atoms with Gasteiger partial charge in [0.2, 0.25) is 0 Å². The summed E-state index contributed by atoms with van der Waals surface area (Å²) in [6, 6.07) is 0. The average Bonchev–Trinajstić information content (AvgIpc) is 1.69. The van der Waals surface area contributed by atoms with Crippen molar-refractivity contribution in [3.8, 4) is 0 Å². The van der Waals surface area contributed by atoms with Crippen molar-refractivity contribution in [3.05, 3.63) is 12.7 Å². The second kappa shape index (κ2) is 5.21. The Hall–Kier alpha value is -0.790. The number of hydrogen-bond acceptors (Lipinski definition) is 2. The van der Waals surface area contributed by atoms with Crippen LogP contribution in [0.5, 0.6) is 0 Å². The predicted molar refractivity (Wildman–Crippen MR) is 25.5 cm³/mol. The normalized spacial score (nSPS) is 7.43. The van der Waals surface area contributed by atoms with Gasteiger partial charge in [-0.1, -0.05) is 6.58 Å². The molecule has 39 valence electrons. The van der Waals surface area contributed by atoms with Crippen molar-refractivity contribution >= 4 is 6.47 Å². The van der Waals surface area contributed by atoms with Gasteiger partial charge in [0.25, 0.3) is 6.47 Å². The molecule has 2 nitrogen and oxygen atoms in total. The molecule has 0 unspecified atom stereocenters. The van der Waals surface area contributed by atoms with Crippen LogP contribution in [0.4, 0.5) is 0 Å². The van der Waals surface area contributed by atoms with Crippen LogP contribution in [0.1, 0.15) is 6.42 Å². The van der Waals surface area contributed by atoms with E-state index in [1.807, 2.05) is 0 Å². The fourth-order valence-electron chi connectivity index (χ4n) is 0.179. The van der Waals surface area contributed by atoms with Gasteiger partial charge in [0.1, 0.15) is 0 Å². The topological polar surface area (TPSA) is 26.3 Å². The van der Waals surface area contributed by atoms with E-state index in [1.54, 1.807) is 0 Å². The summed E-state index contributed by atoms with van der Waals surface area (Å²) in [6.45, 7) is 4.12. The lowest BCUT2D eigenvalue weighted by Gasteiger charge is -1.87. The largest absolute Gasteiger partial charge is 0.468 e. The van der Waals surface area contributed by atoms with Crippen LogP contribution in [0.25, 0.3) is 0 Å². The Morgan fingerprint density at radius 3 is 3.00 bits per heavy atom. The molecule has 7 heavy (non-hydrogen) atoms. The molecule has 0 aliphatic carbocycles. The van der Waals surface area contributed by atoms with Gasteiger partial charge in [0.05, 0.1) is 6.61 Å². The number of carbonyl (C=O) groups is 1. The van der Waals surface area contributed by atoms with Gasteiger partial charge in [-0.2, -0.15) is 0 Å². The Labute approximate surface area is 42.8 Å². The summed E-state index contributed by atoms with van der Waals surface area (Å²) >= 11 is 0. The van der Waals surface area contributed by atoms with E-state index in [0.29, 0.717) is 19.5 Å². The van der Waals surface area contributed by atoms with Crippen LogP contribution in [0.15, 0.2) is 6.58 Å². The van der Waals surface area contributed by atoms with E-state index in [9.17, 15) is 4.79 Å². The van der Waals surface area contributed by atoms with Crippen molar-refractivity contribution in [2.24, 2.45) is 0 Å². The van der Waals surface area contributed by atoms with Crippen molar-refractivity contribution in [1.82, 2.24) is 0 Å².